The fraction of sp³-hybridized carbons (Fsp3) is 0.438. The molecule has 2 rings (SSSR count). The van der Waals surface area contributed by atoms with Crippen molar-refractivity contribution in [1.82, 2.24) is 15.2 Å². The molecule has 1 aromatic heterocycles. The monoisotopic (exact) mass is 307 g/mol. The summed E-state index contributed by atoms with van der Waals surface area (Å²) in [6, 6.07) is 4.47. The van der Waals surface area contributed by atoms with E-state index in [9.17, 15) is 9.18 Å². The van der Waals surface area contributed by atoms with Crippen molar-refractivity contribution in [2.45, 2.75) is 19.8 Å². The van der Waals surface area contributed by atoms with Gasteiger partial charge in [-0.25, -0.2) is 9.18 Å². The second kappa shape index (κ2) is 7.79. The average molecular weight is 307 g/mol. The van der Waals surface area contributed by atoms with Gasteiger partial charge in [-0.15, -0.1) is 0 Å². The predicted molar refractivity (Wildman–Crippen MR) is 84.3 cm³/mol. The Hall–Kier alpha value is -2.08. The number of rotatable bonds is 7. The Morgan fingerprint density at radius 1 is 1.41 bits per heavy atom. The molecule has 0 spiro atoms. The molecular formula is C16H22FN3O2. The lowest BCUT2D eigenvalue weighted by molar-refractivity contribution is 0.177. The number of hydrogen-bond donors (Lipinski definition) is 3. The summed E-state index contributed by atoms with van der Waals surface area (Å²) in [6.07, 6.45) is 3.35. The van der Waals surface area contributed by atoms with Crippen LogP contribution in [0.25, 0.3) is 10.9 Å². The van der Waals surface area contributed by atoms with E-state index in [4.69, 9.17) is 5.11 Å². The van der Waals surface area contributed by atoms with Crippen LogP contribution in [0.4, 0.5) is 9.18 Å². The van der Waals surface area contributed by atoms with Crippen molar-refractivity contribution in [3.05, 3.63) is 35.8 Å². The maximum absolute atomic E-state index is 13.1. The number of halogens is 1. The average Bonchev–Trinajstić information content (AvgIpc) is 2.89. The fourth-order valence-corrected chi connectivity index (χ4v) is 2.49. The largest absolute Gasteiger partial charge is 0.395 e. The van der Waals surface area contributed by atoms with Gasteiger partial charge in [-0.2, -0.15) is 0 Å². The number of aromatic nitrogens is 1. The van der Waals surface area contributed by atoms with E-state index in [1.54, 1.807) is 11.0 Å². The summed E-state index contributed by atoms with van der Waals surface area (Å²) in [5.41, 5.74) is 1.80. The second-order valence-corrected chi connectivity index (χ2v) is 5.20. The predicted octanol–water partition coefficient (Wildman–Crippen LogP) is 2.26. The summed E-state index contributed by atoms with van der Waals surface area (Å²) in [7, 11) is 0. The van der Waals surface area contributed by atoms with E-state index in [1.165, 1.54) is 12.1 Å². The summed E-state index contributed by atoms with van der Waals surface area (Å²) >= 11 is 0. The zero-order chi connectivity index (χ0) is 15.9. The number of urea groups is 1. The standard InChI is InChI=1S/C16H22FN3O2/c1-2-7-20(8-9-21)16(22)18-6-5-12-11-19-15-10-13(17)3-4-14(12)15/h3-4,10-11,19,21H,2,5-9H2,1H3,(H,18,22). The Morgan fingerprint density at radius 3 is 2.95 bits per heavy atom. The zero-order valence-electron chi connectivity index (χ0n) is 12.7. The molecule has 0 radical (unpaired) electrons. The minimum atomic E-state index is -0.270. The minimum absolute atomic E-state index is 0.0402. The van der Waals surface area contributed by atoms with Gasteiger partial charge in [-0.1, -0.05) is 6.92 Å². The lowest BCUT2D eigenvalue weighted by Gasteiger charge is -2.21. The number of benzene rings is 1. The lowest BCUT2D eigenvalue weighted by atomic mass is 10.1. The number of H-pyrrole nitrogens is 1. The van der Waals surface area contributed by atoms with E-state index >= 15 is 0 Å². The van der Waals surface area contributed by atoms with Crippen LogP contribution in [-0.4, -0.2) is 47.3 Å². The number of aliphatic hydroxyl groups is 1. The Kier molecular flexibility index (Phi) is 5.77. The number of carbonyl (C=O) groups is 1. The molecule has 2 amide bonds. The Bertz CT molecular complexity index is 621. The van der Waals surface area contributed by atoms with Gasteiger partial charge in [0.1, 0.15) is 5.82 Å². The maximum atomic E-state index is 13.1. The summed E-state index contributed by atoms with van der Waals surface area (Å²) in [4.78, 5) is 16.6. The van der Waals surface area contributed by atoms with Crippen molar-refractivity contribution in [1.29, 1.82) is 0 Å². The molecule has 6 heteroatoms. The smallest absolute Gasteiger partial charge is 0.317 e. The van der Waals surface area contributed by atoms with Gasteiger partial charge in [0.15, 0.2) is 0 Å². The van der Waals surface area contributed by atoms with E-state index in [0.717, 1.165) is 22.9 Å². The van der Waals surface area contributed by atoms with Crippen molar-refractivity contribution in [3.63, 3.8) is 0 Å². The van der Waals surface area contributed by atoms with Gasteiger partial charge in [0, 0.05) is 36.7 Å². The first-order chi connectivity index (χ1) is 10.7. The van der Waals surface area contributed by atoms with Crippen LogP contribution >= 0.6 is 0 Å². The zero-order valence-corrected chi connectivity index (χ0v) is 12.7. The highest BCUT2D eigenvalue weighted by Gasteiger charge is 2.11. The molecule has 0 saturated carbocycles. The third-order valence-corrected chi connectivity index (χ3v) is 3.55. The van der Waals surface area contributed by atoms with E-state index in [2.05, 4.69) is 10.3 Å². The Labute approximate surface area is 129 Å². The SMILES string of the molecule is CCCN(CCO)C(=O)NCCc1c[nH]c2cc(F)ccc12. The van der Waals surface area contributed by atoms with E-state index in [-0.39, 0.29) is 18.5 Å². The molecule has 0 aliphatic heterocycles. The molecular weight excluding hydrogens is 285 g/mol. The van der Waals surface area contributed by atoms with E-state index in [1.807, 2.05) is 13.1 Å². The quantitative estimate of drug-likeness (QED) is 0.734. The molecule has 0 bridgehead atoms. The Morgan fingerprint density at radius 2 is 2.23 bits per heavy atom. The van der Waals surface area contributed by atoms with Gasteiger partial charge in [0.25, 0.3) is 0 Å². The number of fused-ring (bicyclic) bond motifs is 1. The summed E-state index contributed by atoms with van der Waals surface area (Å²) in [5.74, 6) is -0.270. The van der Waals surface area contributed by atoms with Gasteiger partial charge in [0.2, 0.25) is 0 Å². The number of nitrogens with one attached hydrogen (secondary N) is 2. The van der Waals surface area contributed by atoms with E-state index in [0.29, 0.717) is 26.1 Å². The van der Waals surface area contributed by atoms with Gasteiger partial charge >= 0.3 is 6.03 Å². The fourth-order valence-electron chi connectivity index (χ4n) is 2.49. The molecule has 0 unspecified atom stereocenters. The van der Waals surface area contributed by atoms with Crippen LogP contribution < -0.4 is 5.32 Å². The number of aromatic amines is 1. The first-order valence-electron chi connectivity index (χ1n) is 7.54. The number of aliphatic hydroxyl groups excluding tert-OH is 1. The normalized spacial score (nSPS) is 10.9. The van der Waals surface area contributed by atoms with Crippen molar-refractivity contribution in [2.24, 2.45) is 0 Å². The van der Waals surface area contributed by atoms with Crippen LogP contribution in [0.1, 0.15) is 18.9 Å². The summed E-state index contributed by atoms with van der Waals surface area (Å²) in [6.45, 7) is 3.41. The topological polar surface area (TPSA) is 68.4 Å². The first kappa shape index (κ1) is 16.3. The van der Waals surface area contributed by atoms with Crippen LogP contribution in [0.15, 0.2) is 24.4 Å². The van der Waals surface area contributed by atoms with Crippen molar-refractivity contribution < 1.29 is 14.3 Å². The van der Waals surface area contributed by atoms with Crippen molar-refractivity contribution in [2.75, 3.05) is 26.2 Å². The van der Waals surface area contributed by atoms with Gasteiger partial charge in [0.05, 0.1) is 6.61 Å². The molecule has 1 heterocycles. The molecule has 120 valence electrons. The molecule has 1 aromatic carbocycles. The molecule has 2 aromatic rings. The molecule has 0 aliphatic carbocycles. The first-order valence-corrected chi connectivity index (χ1v) is 7.54. The van der Waals surface area contributed by atoms with Crippen LogP contribution in [0.2, 0.25) is 0 Å². The molecule has 0 atom stereocenters. The lowest BCUT2D eigenvalue weighted by Crippen LogP contribution is -2.42. The van der Waals surface area contributed by atoms with Gasteiger partial charge < -0.3 is 20.3 Å². The summed E-state index contributed by atoms with van der Waals surface area (Å²) < 4.78 is 13.1. The third-order valence-electron chi connectivity index (χ3n) is 3.55. The molecule has 0 fully saturated rings. The highest BCUT2D eigenvalue weighted by molar-refractivity contribution is 5.83. The molecule has 0 aliphatic rings. The van der Waals surface area contributed by atoms with Crippen LogP contribution in [0.5, 0.6) is 0 Å². The van der Waals surface area contributed by atoms with E-state index < -0.39 is 0 Å². The second-order valence-electron chi connectivity index (χ2n) is 5.20. The highest BCUT2D eigenvalue weighted by Crippen LogP contribution is 2.19. The molecule has 3 N–H and O–H groups in total. The van der Waals surface area contributed by atoms with Crippen LogP contribution in [-0.2, 0) is 6.42 Å². The molecule has 22 heavy (non-hydrogen) atoms. The summed E-state index contributed by atoms with van der Waals surface area (Å²) in [5, 5.41) is 12.8. The number of carbonyl (C=O) groups excluding carboxylic acids is 1. The molecule has 5 nitrogen and oxygen atoms in total. The highest BCUT2D eigenvalue weighted by atomic mass is 19.1. The number of nitrogens with zero attached hydrogens (tertiary/aromatic N) is 1. The Balaban J connectivity index is 1.90. The van der Waals surface area contributed by atoms with Crippen LogP contribution in [0.3, 0.4) is 0 Å². The minimum Gasteiger partial charge on any atom is -0.395 e. The van der Waals surface area contributed by atoms with Gasteiger partial charge in [-0.3, -0.25) is 0 Å². The number of amides is 2. The molecule has 0 saturated heterocycles. The maximum Gasteiger partial charge on any atom is 0.317 e. The van der Waals surface area contributed by atoms with Crippen molar-refractivity contribution in [3.8, 4) is 0 Å². The number of hydrogen-bond acceptors (Lipinski definition) is 2. The van der Waals surface area contributed by atoms with Gasteiger partial charge in [-0.05, 0) is 36.6 Å². The van der Waals surface area contributed by atoms with Crippen LogP contribution in [0, 0.1) is 5.82 Å². The van der Waals surface area contributed by atoms with Crippen molar-refractivity contribution >= 4 is 16.9 Å². The third kappa shape index (κ3) is 3.98.